The molecule has 1 aliphatic heterocycles. The number of hydrogen-bond acceptors (Lipinski definition) is 6. The third kappa shape index (κ3) is 3.21. The predicted molar refractivity (Wildman–Crippen MR) is 111 cm³/mol. The average Bonchev–Trinajstić information content (AvgIpc) is 3.05. The minimum atomic E-state index is -0.579. The van der Waals surface area contributed by atoms with Crippen LogP contribution in [-0.4, -0.2) is 45.3 Å². The minimum Gasteiger partial charge on any atom is -0.493 e. The van der Waals surface area contributed by atoms with E-state index in [0.717, 1.165) is 5.56 Å². The van der Waals surface area contributed by atoms with Crippen LogP contribution in [0.25, 0.3) is 11.0 Å². The molecule has 156 valence electrons. The van der Waals surface area contributed by atoms with Gasteiger partial charge in [0.25, 0.3) is 5.91 Å². The number of rotatable bonds is 7. The largest absolute Gasteiger partial charge is 0.493 e. The molecule has 3 aromatic rings. The first-order valence-electron chi connectivity index (χ1n) is 9.68. The molecule has 1 amide bonds. The molecule has 1 aliphatic rings. The molecule has 0 N–H and O–H groups in total. The van der Waals surface area contributed by atoms with Crippen molar-refractivity contribution in [1.29, 1.82) is 0 Å². The fourth-order valence-corrected chi connectivity index (χ4v) is 3.95. The van der Waals surface area contributed by atoms with Gasteiger partial charge in [0, 0.05) is 20.3 Å². The number of hydrogen-bond donors (Lipinski definition) is 0. The summed E-state index contributed by atoms with van der Waals surface area (Å²) >= 11 is 0. The van der Waals surface area contributed by atoms with Gasteiger partial charge in [0.05, 0.1) is 31.2 Å². The van der Waals surface area contributed by atoms with Gasteiger partial charge in [-0.05, 0) is 36.2 Å². The summed E-state index contributed by atoms with van der Waals surface area (Å²) in [5, 5.41) is 0.452. The van der Waals surface area contributed by atoms with Crippen LogP contribution < -0.4 is 14.9 Å². The molecule has 7 heteroatoms. The molecule has 0 spiro atoms. The van der Waals surface area contributed by atoms with Crippen molar-refractivity contribution < 1.29 is 23.4 Å². The summed E-state index contributed by atoms with van der Waals surface area (Å²) in [5.41, 5.74) is 1.30. The number of carbonyl (C=O) groups is 1. The molecule has 1 atom stereocenters. The maximum atomic E-state index is 13.4. The highest BCUT2D eigenvalue weighted by molar-refractivity contribution is 5.99. The Morgan fingerprint density at radius 2 is 1.77 bits per heavy atom. The minimum absolute atomic E-state index is 0.0934. The van der Waals surface area contributed by atoms with Crippen molar-refractivity contribution in [3.8, 4) is 11.5 Å². The van der Waals surface area contributed by atoms with Crippen LogP contribution in [-0.2, 0) is 4.74 Å². The van der Waals surface area contributed by atoms with Gasteiger partial charge in [0.2, 0.25) is 5.76 Å². The molecular weight excluding hydrogens is 386 g/mol. The fourth-order valence-electron chi connectivity index (χ4n) is 3.95. The number of benzene rings is 2. The zero-order valence-corrected chi connectivity index (χ0v) is 17.1. The summed E-state index contributed by atoms with van der Waals surface area (Å²) in [7, 11) is 4.72. The molecular formula is C23H23NO6. The molecule has 0 radical (unpaired) electrons. The Labute approximate surface area is 173 Å². The van der Waals surface area contributed by atoms with Gasteiger partial charge in [-0.15, -0.1) is 0 Å². The summed E-state index contributed by atoms with van der Waals surface area (Å²) in [4.78, 5) is 28.3. The third-order valence-electron chi connectivity index (χ3n) is 5.34. The van der Waals surface area contributed by atoms with E-state index in [-0.39, 0.29) is 17.1 Å². The van der Waals surface area contributed by atoms with E-state index in [2.05, 4.69) is 0 Å². The highest BCUT2D eigenvalue weighted by Crippen LogP contribution is 2.40. The molecule has 0 bridgehead atoms. The molecule has 30 heavy (non-hydrogen) atoms. The summed E-state index contributed by atoms with van der Waals surface area (Å²) in [6.07, 6.45) is 0.633. The molecule has 7 nitrogen and oxygen atoms in total. The van der Waals surface area contributed by atoms with E-state index in [0.29, 0.717) is 47.6 Å². The van der Waals surface area contributed by atoms with Crippen molar-refractivity contribution in [1.82, 2.24) is 4.90 Å². The molecule has 1 aromatic heterocycles. The second kappa shape index (κ2) is 8.20. The van der Waals surface area contributed by atoms with Gasteiger partial charge in [-0.2, -0.15) is 0 Å². The highest BCUT2D eigenvalue weighted by atomic mass is 16.5. The Kier molecular flexibility index (Phi) is 5.46. The van der Waals surface area contributed by atoms with E-state index in [1.54, 1.807) is 62.6 Å². The lowest BCUT2D eigenvalue weighted by Gasteiger charge is -2.25. The first-order chi connectivity index (χ1) is 14.6. The smallest absolute Gasteiger partial charge is 0.290 e. The van der Waals surface area contributed by atoms with Crippen LogP contribution in [0.5, 0.6) is 11.5 Å². The highest BCUT2D eigenvalue weighted by Gasteiger charge is 2.42. The molecule has 0 saturated carbocycles. The predicted octanol–water partition coefficient (Wildman–Crippen LogP) is 3.39. The van der Waals surface area contributed by atoms with E-state index >= 15 is 0 Å². The Bertz CT molecular complexity index is 1150. The van der Waals surface area contributed by atoms with Crippen LogP contribution in [0.2, 0.25) is 0 Å². The number of amides is 1. The first kappa shape index (κ1) is 20.0. The Hall–Kier alpha value is -3.32. The zero-order valence-electron chi connectivity index (χ0n) is 17.1. The SMILES string of the molecule is COCCCN1C(=O)c2oc3ccccc3c(=O)c2[C@H]1c1ccc(OC)c(OC)c1. The van der Waals surface area contributed by atoms with Gasteiger partial charge in [0.1, 0.15) is 5.58 Å². The summed E-state index contributed by atoms with van der Waals surface area (Å²) in [6, 6.07) is 11.8. The van der Waals surface area contributed by atoms with E-state index in [9.17, 15) is 9.59 Å². The number of fused-ring (bicyclic) bond motifs is 2. The van der Waals surface area contributed by atoms with Crippen molar-refractivity contribution in [2.24, 2.45) is 0 Å². The standard InChI is InChI=1S/C23H23NO6/c1-27-12-6-11-24-20(14-9-10-17(28-2)18(13-14)29-3)19-21(25)15-7-4-5-8-16(15)30-22(19)23(24)26/h4-5,7-10,13,20H,6,11-12H2,1-3H3/t20-/m1/s1. The number of methoxy groups -OCH3 is 3. The van der Waals surface area contributed by atoms with Crippen LogP contribution in [0.3, 0.4) is 0 Å². The van der Waals surface area contributed by atoms with Crippen LogP contribution in [0.1, 0.15) is 34.1 Å². The molecule has 0 fully saturated rings. The van der Waals surface area contributed by atoms with Gasteiger partial charge in [-0.25, -0.2) is 0 Å². The zero-order chi connectivity index (χ0) is 21.3. The topological polar surface area (TPSA) is 78.2 Å². The maximum Gasteiger partial charge on any atom is 0.290 e. The lowest BCUT2D eigenvalue weighted by atomic mass is 9.98. The van der Waals surface area contributed by atoms with Gasteiger partial charge in [-0.1, -0.05) is 18.2 Å². The van der Waals surface area contributed by atoms with Gasteiger partial charge < -0.3 is 23.5 Å². The van der Waals surface area contributed by atoms with Crippen LogP contribution in [0.4, 0.5) is 0 Å². The molecule has 2 heterocycles. The normalized spacial score (nSPS) is 15.5. The first-order valence-corrected chi connectivity index (χ1v) is 9.68. The van der Waals surface area contributed by atoms with Gasteiger partial charge in [0.15, 0.2) is 16.9 Å². The van der Waals surface area contributed by atoms with Crippen molar-refractivity contribution >= 4 is 16.9 Å². The molecule has 0 unspecified atom stereocenters. The summed E-state index contributed by atoms with van der Waals surface area (Å²) in [5.74, 6) is 0.889. The Morgan fingerprint density at radius 1 is 1.00 bits per heavy atom. The molecule has 2 aromatic carbocycles. The van der Waals surface area contributed by atoms with E-state index < -0.39 is 6.04 Å². The summed E-state index contributed by atoms with van der Waals surface area (Å²) < 4.78 is 21.8. The van der Waals surface area contributed by atoms with Crippen LogP contribution in [0, 0.1) is 0 Å². The maximum absolute atomic E-state index is 13.4. The molecule has 0 aliphatic carbocycles. The number of nitrogens with zero attached hydrogens (tertiary/aromatic N) is 1. The second-order valence-corrected chi connectivity index (χ2v) is 7.03. The van der Waals surface area contributed by atoms with Crippen molar-refractivity contribution in [2.75, 3.05) is 34.5 Å². The van der Waals surface area contributed by atoms with E-state index in [1.807, 2.05) is 6.07 Å². The molecule has 0 saturated heterocycles. The number of para-hydroxylation sites is 1. The Balaban J connectivity index is 1.91. The van der Waals surface area contributed by atoms with Crippen LogP contribution in [0.15, 0.2) is 51.7 Å². The summed E-state index contributed by atoms with van der Waals surface area (Å²) in [6.45, 7) is 0.924. The van der Waals surface area contributed by atoms with Gasteiger partial charge >= 0.3 is 0 Å². The fraction of sp³-hybridized carbons (Fsp3) is 0.304. The van der Waals surface area contributed by atoms with E-state index in [1.165, 1.54) is 0 Å². The van der Waals surface area contributed by atoms with E-state index in [4.69, 9.17) is 18.6 Å². The van der Waals surface area contributed by atoms with Crippen molar-refractivity contribution in [3.05, 3.63) is 69.6 Å². The lowest BCUT2D eigenvalue weighted by Crippen LogP contribution is -2.31. The van der Waals surface area contributed by atoms with Crippen LogP contribution >= 0.6 is 0 Å². The molecule has 4 rings (SSSR count). The van der Waals surface area contributed by atoms with Crippen molar-refractivity contribution in [2.45, 2.75) is 12.5 Å². The van der Waals surface area contributed by atoms with Crippen molar-refractivity contribution in [3.63, 3.8) is 0 Å². The second-order valence-electron chi connectivity index (χ2n) is 7.03. The lowest BCUT2D eigenvalue weighted by molar-refractivity contribution is 0.0707. The van der Waals surface area contributed by atoms with Gasteiger partial charge in [-0.3, -0.25) is 9.59 Å². The number of carbonyl (C=O) groups excluding carboxylic acids is 1. The third-order valence-corrected chi connectivity index (χ3v) is 5.34. The average molecular weight is 409 g/mol. The number of ether oxygens (including phenoxy) is 3. The monoisotopic (exact) mass is 409 g/mol. The Morgan fingerprint density at radius 3 is 2.50 bits per heavy atom. The quantitative estimate of drug-likeness (QED) is 0.557.